The molecular weight excluding hydrogens is 402 g/mol. The summed E-state index contributed by atoms with van der Waals surface area (Å²) < 4.78 is 0. The van der Waals surface area contributed by atoms with Crippen molar-refractivity contribution in [1.29, 1.82) is 0 Å². The van der Waals surface area contributed by atoms with Gasteiger partial charge in [0, 0.05) is 0 Å². The Morgan fingerprint density at radius 1 is 0.364 bits per heavy atom. The largest absolute Gasteiger partial charge is 0.234 e. The molecule has 0 saturated heterocycles. The lowest BCUT2D eigenvalue weighted by molar-refractivity contribution is 0.514. The molecule has 33 heavy (non-hydrogen) atoms. The van der Waals surface area contributed by atoms with Crippen LogP contribution in [0.3, 0.4) is 0 Å². The van der Waals surface area contributed by atoms with E-state index in [2.05, 4.69) is 11.9 Å². The standard InChI is InChI=1S/C31H61NO/c1-2-3-4-5-6-7-8-9-10-11-12-13-14-15-16-17-18-19-20-21-22-23-24-25-26-27-28-29-30-32-31-33/h2-30H2,1H3. The predicted molar refractivity (Wildman–Crippen MR) is 148 cm³/mol. The molecule has 0 aliphatic carbocycles. The average Bonchev–Trinajstić information content (AvgIpc) is 2.83. The number of hydrogen-bond acceptors (Lipinski definition) is 2. The van der Waals surface area contributed by atoms with Crippen molar-refractivity contribution in [2.24, 2.45) is 4.99 Å². The smallest absolute Gasteiger partial charge is 0.211 e. The zero-order valence-corrected chi connectivity index (χ0v) is 22.9. The number of aliphatic imine (C=N–C) groups is 1. The highest BCUT2D eigenvalue weighted by Crippen LogP contribution is 2.16. The maximum atomic E-state index is 9.97. The van der Waals surface area contributed by atoms with E-state index in [9.17, 15) is 4.79 Å². The minimum atomic E-state index is 0.670. The Hall–Kier alpha value is -0.620. The number of carbonyl (C=O) groups excluding carboxylic acids is 1. The van der Waals surface area contributed by atoms with Gasteiger partial charge in [0.05, 0.1) is 6.54 Å². The summed E-state index contributed by atoms with van der Waals surface area (Å²) in [6.45, 7) is 2.97. The van der Waals surface area contributed by atoms with Gasteiger partial charge in [-0.25, -0.2) is 9.79 Å². The van der Waals surface area contributed by atoms with Crippen LogP contribution in [0.4, 0.5) is 0 Å². The molecule has 0 unspecified atom stereocenters. The van der Waals surface area contributed by atoms with Gasteiger partial charge in [-0.1, -0.05) is 180 Å². The zero-order chi connectivity index (χ0) is 23.9. The number of rotatable bonds is 29. The maximum absolute atomic E-state index is 9.97. The van der Waals surface area contributed by atoms with Gasteiger partial charge >= 0.3 is 0 Å². The summed E-state index contributed by atoms with van der Waals surface area (Å²) in [5.41, 5.74) is 0. The van der Waals surface area contributed by atoms with Crippen molar-refractivity contribution >= 4 is 6.08 Å². The Morgan fingerprint density at radius 2 is 0.576 bits per heavy atom. The maximum Gasteiger partial charge on any atom is 0.234 e. The Labute approximate surface area is 209 Å². The molecule has 0 aliphatic heterocycles. The number of nitrogens with zero attached hydrogens (tertiary/aromatic N) is 1. The van der Waals surface area contributed by atoms with E-state index in [1.54, 1.807) is 6.08 Å². The highest BCUT2D eigenvalue weighted by atomic mass is 16.1. The van der Waals surface area contributed by atoms with Crippen molar-refractivity contribution < 1.29 is 4.79 Å². The molecular formula is C31H61NO. The highest BCUT2D eigenvalue weighted by Gasteiger charge is 1.96. The van der Waals surface area contributed by atoms with Crippen LogP contribution in [0.15, 0.2) is 4.99 Å². The van der Waals surface area contributed by atoms with Gasteiger partial charge in [0.25, 0.3) is 0 Å². The average molecular weight is 464 g/mol. The van der Waals surface area contributed by atoms with Gasteiger partial charge in [-0.2, -0.15) is 0 Å². The van der Waals surface area contributed by atoms with Crippen LogP contribution in [-0.2, 0) is 4.79 Å². The van der Waals surface area contributed by atoms with Crippen LogP contribution in [0.2, 0.25) is 0 Å². The molecule has 0 N–H and O–H groups in total. The number of hydrogen-bond donors (Lipinski definition) is 0. The third kappa shape index (κ3) is 31.4. The summed E-state index contributed by atoms with van der Waals surface area (Å²) in [5.74, 6) is 0. The SMILES string of the molecule is CCCCCCCCCCCCCCCCCCCCCCCCCCCCCCN=C=O. The van der Waals surface area contributed by atoms with Crippen LogP contribution in [0, 0.1) is 0 Å². The summed E-state index contributed by atoms with van der Waals surface area (Å²) in [5, 5.41) is 0. The first-order chi connectivity index (χ1) is 16.4. The predicted octanol–water partition coefficient (Wildman–Crippen LogP) is 11.3. The van der Waals surface area contributed by atoms with Gasteiger partial charge in [-0.3, -0.25) is 0 Å². The number of isocyanates is 1. The van der Waals surface area contributed by atoms with E-state index in [-0.39, 0.29) is 0 Å². The second-order valence-electron chi connectivity index (χ2n) is 10.5. The molecule has 2 heteroatoms. The summed E-state index contributed by atoms with van der Waals surface area (Å²) in [4.78, 5) is 13.6. The third-order valence-electron chi connectivity index (χ3n) is 7.19. The van der Waals surface area contributed by atoms with Gasteiger partial charge in [0.15, 0.2) is 0 Å². The fraction of sp³-hybridized carbons (Fsp3) is 0.968. The summed E-state index contributed by atoms with van der Waals surface area (Å²) in [6.07, 6.45) is 41.5. The molecule has 0 saturated carbocycles. The molecule has 0 aliphatic rings. The molecule has 0 heterocycles. The first-order valence-corrected chi connectivity index (χ1v) is 15.5. The van der Waals surface area contributed by atoms with Gasteiger partial charge in [0.1, 0.15) is 0 Å². The quantitative estimate of drug-likeness (QED) is 0.0616. The first-order valence-electron chi connectivity index (χ1n) is 15.5. The van der Waals surface area contributed by atoms with E-state index in [4.69, 9.17) is 0 Å². The number of unbranched alkanes of at least 4 members (excludes halogenated alkanes) is 27. The zero-order valence-electron chi connectivity index (χ0n) is 22.9. The summed E-state index contributed by atoms with van der Waals surface area (Å²) in [7, 11) is 0. The summed E-state index contributed by atoms with van der Waals surface area (Å²) in [6, 6.07) is 0. The van der Waals surface area contributed by atoms with Crippen molar-refractivity contribution in [2.75, 3.05) is 6.54 Å². The fourth-order valence-corrected chi connectivity index (χ4v) is 4.91. The van der Waals surface area contributed by atoms with Gasteiger partial charge in [-0.05, 0) is 6.42 Å². The molecule has 196 valence electrons. The second-order valence-corrected chi connectivity index (χ2v) is 10.5. The molecule has 0 bridgehead atoms. The van der Waals surface area contributed by atoms with Crippen molar-refractivity contribution in [3.8, 4) is 0 Å². The van der Waals surface area contributed by atoms with Gasteiger partial charge in [-0.15, -0.1) is 0 Å². The molecule has 0 aromatic carbocycles. The van der Waals surface area contributed by atoms with Crippen LogP contribution in [0.5, 0.6) is 0 Å². The Kier molecular flexibility index (Phi) is 30.8. The van der Waals surface area contributed by atoms with Crippen LogP contribution in [0.1, 0.15) is 187 Å². The topological polar surface area (TPSA) is 29.4 Å². The molecule has 0 aromatic heterocycles. The molecule has 0 fully saturated rings. The van der Waals surface area contributed by atoms with Crippen molar-refractivity contribution in [3.05, 3.63) is 0 Å². The second kappa shape index (κ2) is 31.4. The van der Waals surface area contributed by atoms with E-state index in [1.165, 1.54) is 173 Å². The van der Waals surface area contributed by atoms with Crippen molar-refractivity contribution in [1.82, 2.24) is 0 Å². The first kappa shape index (κ1) is 32.4. The van der Waals surface area contributed by atoms with E-state index in [1.807, 2.05) is 0 Å². The van der Waals surface area contributed by atoms with Gasteiger partial charge < -0.3 is 0 Å². The Morgan fingerprint density at radius 3 is 0.788 bits per heavy atom. The minimum Gasteiger partial charge on any atom is -0.211 e. The van der Waals surface area contributed by atoms with E-state index >= 15 is 0 Å². The molecule has 0 amide bonds. The van der Waals surface area contributed by atoms with E-state index in [0.717, 1.165) is 6.42 Å². The van der Waals surface area contributed by atoms with Crippen LogP contribution >= 0.6 is 0 Å². The lowest BCUT2D eigenvalue weighted by Gasteiger charge is -2.04. The van der Waals surface area contributed by atoms with Crippen molar-refractivity contribution in [2.45, 2.75) is 187 Å². The molecule has 0 radical (unpaired) electrons. The Bertz CT molecular complexity index is 388. The van der Waals surface area contributed by atoms with Crippen LogP contribution in [-0.4, -0.2) is 12.6 Å². The lowest BCUT2D eigenvalue weighted by atomic mass is 10.0. The summed E-state index contributed by atoms with van der Waals surface area (Å²) >= 11 is 0. The van der Waals surface area contributed by atoms with Gasteiger partial charge in [0.2, 0.25) is 6.08 Å². The molecule has 2 nitrogen and oxygen atoms in total. The molecule has 0 aromatic rings. The lowest BCUT2D eigenvalue weighted by Crippen LogP contribution is -1.85. The minimum absolute atomic E-state index is 0.670. The Balaban J connectivity index is 3.01. The molecule has 0 atom stereocenters. The fourth-order valence-electron chi connectivity index (χ4n) is 4.91. The highest BCUT2D eigenvalue weighted by molar-refractivity contribution is 5.32. The van der Waals surface area contributed by atoms with Crippen LogP contribution < -0.4 is 0 Å². The van der Waals surface area contributed by atoms with Crippen LogP contribution in [0.25, 0.3) is 0 Å². The van der Waals surface area contributed by atoms with E-state index in [0.29, 0.717) is 6.54 Å². The normalized spacial score (nSPS) is 11.1. The molecule has 0 spiro atoms. The molecule has 0 rings (SSSR count). The van der Waals surface area contributed by atoms with Crippen molar-refractivity contribution in [3.63, 3.8) is 0 Å². The third-order valence-corrected chi connectivity index (χ3v) is 7.19. The monoisotopic (exact) mass is 463 g/mol. The van der Waals surface area contributed by atoms with E-state index < -0.39 is 0 Å².